The number of rotatable bonds is 8. The Hall–Kier alpha value is -3.97. The molecule has 5 aromatic rings. The fourth-order valence-corrected chi connectivity index (χ4v) is 5.25. The van der Waals surface area contributed by atoms with E-state index in [2.05, 4.69) is 84.7 Å². The van der Waals surface area contributed by atoms with Gasteiger partial charge < -0.3 is 0 Å². The van der Waals surface area contributed by atoms with Crippen molar-refractivity contribution in [2.45, 2.75) is 58.9 Å². The van der Waals surface area contributed by atoms with Crippen LogP contribution in [0.5, 0.6) is 0 Å². The average molecular weight is 541 g/mol. The van der Waals surface area contributed by atoms with Crippen molar-refractivity contribution in [3.8, 4) is 28.2 Å². The number of nitrogens with zero attached hydrogens (tertiary/aromatic N) is 5. The molecule has 3 aromatic carbocycles. The van der Waals surface area contributed by atoms with E-state index >= 15 is 0 Å². The Kier molecular flexibility index (Phi) is 7.53. The summed E-state index contributed by atoms with van der Waals surface area (Å²) in [5, 5.41) is 15.4. The third-order valence-corrected chi connectivity index (χ3v) is 7.28. The molecule has 0 saturated heterocycles. The van der Waals surface area contributed by atoms with Crippen LogP contribution in [0.4, 0.5) is 0 Å². The van der Waals surface area contributed by atoms with Gasteiger partial charge in [0.25, 0.3) is 0 Å². The van der Waals surface area contributed by atoms with E-state index in [4.69, 9.17) is 11.6 Å². The number of hydrogen-bond acceptors (Lipinski definition) is 4. The van der Waals surface area contributed by atoms with E-state index in [1.165, 1.54) is 0 Å². The van der Waals surface area contributed by atoms with Gasteiger partial charge in [0.1, 0.15) is 0 Å². The Morgan fingerprint density at radius 2 is 1.77 bits per heavy atom. The molecule has 0 saturated carbocycles. The summed E-state index contributed by atoms with van der Waals surface area (Å²) in [4.78, 5) is 14.0. The van der Waals surface area contributed by atoms with Crippen molar-refractivity contribution in [2.24, 2.45) is 0 Å². The molecule has 0 aliphatic carbocycles. The zero-order valence-electron chi connectivity index (χ0n) is 22.8. The summed E-state index contributed by atoms with van der Waals surface area (Å²) in [6, 6.07) is 22.1. The first-order valence-corrected chi connectivity index (χ1v) is 13.7. The minimum atomic E-state index is -0.182. The number of unbranched alkanes of at least 4 members (excludes halogenated alkanes) is 1. The molecule has 0 fully saturated rings. The van der Waals surface area contributed by atoms with Crippen molar-refractivity contribution in [2.75, 3.05) is 0 Å². The van der Waals surface area contributed by atoms with Crippen LogP contribution >= 0.6 is 11.6 Å². The number of aromatic amines is 1. The summed E-state index contributed by atoms with van der Waals surface area (Å²) >= 11 is 6.73. The molecule has 39 heavy (non-hydrogen) atoms. The third-order valence-electron chi connectivity index (χ3n) is 6.98. The second-order valence-corrected chi connectivity index (χ2v) is 11.2. The monoisotopic (exact) mass is 540 g/mol. The van der Waals surface area contributed by atoms with Crippen molar-refractivity contribution in [1.82, 2.24) is 29.8 Å². The largest absolute Gasteiger partial charge is 0.333 e. The first-order chi connectivity index (χ1) is 18.8. The molecule has 0 unspecified atom stereocenters. The van der Waals surface area contributed by atoms with Crippen LogP contribution in [0.15, 0.2) is 77.7 Å². The fraction of sp³-hybridized carbons (Fsp3) is 0.290. The average Bonchev–Trinajstić information content (AvgIpc) is 3.56. The molecule has 200 valence electrons. The van der Waals surface area contributed by atoms with Crippen molar-refractivity contribution in [3.63, 3.8) is 0 Å². The van der Waals surface area contributed by atoms with Crippen molar-refractivity contribution >= 4 is 11.6 Å². The standard InChI is InChI=1S/C31H33ClN6O/c1-5-6-13-23-20-38(28-26(31(2,3)4)14-10-15-27(28)32)30(39)37(23)19-21-16-17-24(22-11-8-7-9-12-22)25(18-21)29-33-35-36-34-29/h7-12,14-18,20H,5-6,13,19H2,1-4H3,(H,33,34,35,36). The Morgan fingerprint density at radius 3 is 2.46 bits per heavy atom. The molecule has 2 heterocycles. The van der Waals surface area contributed by atoms with Crippen LogP contribution < -0.4 is 5.69 Å². The molecule has 1 N–H and O–H groups in total. The molecule has 5 rings (SSSR count). The van der Waals surface area contributed by atoms with Gasteiger partial charge in [-0.25, -0.2) is 4.79 Å². The molecule has 0 amide bonds. The lowest BCUT2D eigenvalue weighted by Crippen LogP contribution is -2.27. The second kappa shape index (κ2) is 11.0. The highest BCUT2D eigenvalue weighted by Gasteiger charge is 2.24. The van der Waals surface area contributed by atoms with Crippen LogP contribution in [-0.4, -0.2) is 29.8 Å². The molecule has 0 aliphatic heterocycles. The smallest absolute Gasteiger partial charge is 0.292 e. The lowest BCUT2D eigenvalue weighted by molar-refractivity contribution is 0.584. The highest BCUT2D eigenvalue weighted by Crippen LogP contribution is 2.34. The summed E-state index contributed by atoms with van der Waals surface area (Å²) in [5.74, 6) is 0.512. The summed E-state index contributed by atoms with van der Waals surface area (Å²) in [6.45, 7) is 8.98. The number of halogens is 1. The van der Waals surface area contributed by atoms with Crippen LogP contribution in [-0.2, 0) is 18.4 Å². The number of tetrazole rings is 1. The SMILES string of the molecule is CCCCc1cn(-c2c(Cl)cccc2C(C)(C)C)c(=O)n1Cc1ccc(-c2ccccc2)c(-c2nn[nH]n2)c1. The van der Waals surface area contributed by atoms with Gasteiger partial charge in [-0.1, -0.05) is 100 Å². The summed E-state index contributed by atoms with van der Waals surface area (Å²) in [5.41, 5.74) is 6.37. The molecular formula is C31H33ClN6O. The number of hydrogen-bond donors (Lipinski definition) is 1. The third kappa shape index (κ3) is 5.45. The second-order valence-electron chi connectivity index (χ2n) is 10.8. The van der Waals surface area contributed by atoms with Gasteiger partial charge in [0.2, 0.25) is 5.82 Å². The van der Waals surface area contributed by atoms with E-state index in [1.54, 1.807) is 4.57 Å². The first kappa shape index (κ1) is 26.6. The van der Waals surface area contributed by atoms with Crippen LogP contribution in [0, 0.1) is 0 Å². The molecule has 0 bridgehead atoms. The number of para-hydroxylation sites is 1. The maximum atomic E-state index is 14.0. The van der Waals surface area contributed by atoms with Gasteiger partial charge >= 0.3 is 5.69 Å². The quantitative estimate of drug-likeness (QED) is 0.234. The number of H-pyrrole nitrogens is 1. The van der Waals surface area contributed by atoms with Gasteiger partial charge in [-0.3, -0.25) is 9.13 Å². The molecule has 8 heteroatoms. The van der Waals surface area contributed by atoms with E-state index in [-0.39, 0.29) is 11.1 Å². The molecule has 0 spiro atoms. The predicted molar refractivity (Wildman–Crippen MR) is 157 cm³/mol. The molecule has 2 aromatic heterocycles. The van der Waals surface area contributed by atoms with Gasteiger partial charge in [-0.15, -0.1) is 10.2 Å². The molecule has 7 nitrogen and oxygen atoms in total. The van der Waals surface area contributed by atoms with Crippen molar-refractivity contribution in [1.29, 1.82) is 0 Å². The van der Waals surface area contributed by atoms with Gasteiger partial charge in [-0.05, 0) is 57.9 Å². The normalized spacial score (nSPS) is 11.7. The topological polar surface area (TPSA) is 81.4 Å². The molecule has 0 aliphatic rings. The lowest BCUT2D eigenvalue weighted by Gasteiger charge is -2.23. The van der Waals surface area contributed by atoms with Crippen molar-refractivity contribution < 1.29 is 0 Å². The van der Waals surface area contributed by atoms with Gasteiger partial charge in [0, 0.05) is 17.5 Å². The van der Waals surface area contributed by atoms with E-state index in [0.29, 0.717) is 17.4 Å². The highest BCUT2D eigenvalue weighted by atomic mass is 35.5. The lowest BCUT2D eigenvalue weighted by atomic mass is 9.85. The molecule has 0 atom stereocenters. The van der Waals surface area contributed by atoms with E-state index in [9.17, 15) is 4.79 Å². The fourth-order valence-electron chi connectivity index (χ4n) is 4.98. The maximum absolute atomic E-state index is 14.0. The summed E-state index contributed by atoms with van der Waals surface area (Å²) < 4.78 is 3.59. The number of imidazole rings is 1. The van der Waals surface area contributed by atoms with E-state index < -0.39 is 0 Å². The summed E-state index contributed by atoms with van der Waals surface area (Å²) in [6.07, 6.45) is 4.78. The molecule has 0 radical (unpaired) electrons. The van der Waals surface area contributed by atoms with Gasteiger partial charge in [0.15, 0.2) is 0 Å². The van der Waals surface area contributed by atoms with Crippen LogP contribution in [0.2, 0.25) is 5.02 Å². The van der Waals surface area contributed by atoms with Crippen LogP contribution in [0.25, 0.3) is 28.2 Å². The number of nitrogens with one attached hydrogen (secondary N) is 1. The van der Waals surface area contributed by atoms with Crippen LogP contribution in [0.1, 0.15) is 57.4 Å². The zero-order chi connectivity index (χ0) is 27.6. The Balaban J connectivity index is 1.63. The Labute approximate surface area is 233 Å². The Bertz CT molecular complexity index is 1630. The maximum Gasteiger partial charge on any atom is 0.333 e. The van der Waals surface area contributed by atoms with E-state index in [0.717, 1.165) is 58.5 Å². The van der Waals surface area contributed by atoms with Crippen LogP contribution in [0.3, 0.4) is 0 Å². The highest BCUT2D eigenvalue weighted by molar-refractivity contribution is 6.32. The van der Waals surface area contributed by atoms with E-state index in [1.807, 2.05) is 41.1 Å². The zero-order valence-corrected chi connectivity index (χ0v) is 23.5. The number of benzene rings is 3. The van der Waals surface area contributed by atoms with Crippen molar-refractivity contribution in [3.05, 3.63) is 105 Å². The minimum absolute atomic E-state index is 0.104. The van der Waals surface area contributed by atoms with Gasteiger partial charge in [-0.2, -0.15) is 5.21 Å². The predicted octanol–water partition coefficient (Wildman–Crippen LogP) is 6.83. The summed E-state index contributed by atoms with van der Waals surface area (Å²) in [7, 11) is 0. The Morgan fingerprint density at radius 1 is 0.974 bits per heavy atom. The minimum Gasteiger partial charge on any atom is -0.292 e. The van der Waals surface area contributed by atoms with Gasteiger partial charge in [0.05, 0.1) is 17.3 Å². The first-order valence-electron chi connectivity index (χ1n) is 13.3. The number of aryl methyl sites for hydroxylation is 1. The molecular weight excluding hydrogens is 508 g/mol. The number of aromatic nitrogens is 6.